The highest BCUT2D eigenvalue weighted by atomic mass is 35.5. The van der Waals surface area contributed by atoms with Crippen LogP contribution in [0.4, 0.5) is 0 Å². The van der Waals surface area contributed by atoms with Crippen molar-refractivity contribution in [1.29, 1.82) is 0 Å². The minimum atomic E-state index is -0.297. The topological polar surface area (TPSA) is 104 Å². The zero-order chi connectivity index (χ0) is 26.4. The monoisotopic (exact) mass is 524 g/mol. The molecule has 196 valence electrons. The number of benzene rings is 2. The first-order valence-electron chi connectivity index (χ1n) is 12.7. The van der Waals surface area contributed by atoms with Crippen LogP contribution in [0.25, 0.3) is 10.9 Å². The highest BCUT2D eigenvalue weighted by Gasteiger charge is 2.24. The predicted molar refractivity (Wildman–Crippen MR) is 144 cm³/mol. The molecule has 2 heterocycles. The largest absolute Gasteiger partial charge is 0.491 e. The fourth-order valence-corrected chi connectivity index (χ4v) is 4.69. The predicted octanol–water partition coefficient (Wildman–Crippen LogP) is 4.40. The fraction of sp³-hybridized carbons (Fsp3) is 0.393. The number of amides is 3. The van der Waals surface area contributed by atoms with Crippen LogP contribution in [0.2, 0.25) is 5.02 Å². The van der Waals surface area contributed by atoms with E-state index in [-0.39, 0.29) is 36.9 Å². The normalized spacial score (nSPS) is 17.8. The summed E-state index contributed by atoms with van der Waals surface area (Å²) in [6.45, 7) is 5.04. The third kappa shape index (κ3) is 7.04. The van der Waals surface area contributed by atoms with Crippen LogP contribution >= 0.6 is 11.6 Å². The van der Waals surface area contributed by atoms with Crippen molar-refractivity contribution in [3.63, 3.8) is 0 Å². The number of hydrogen-bond donors (Lipinski definition) is 3. The Morgan fingerprint density at radius 2 is 1.95 bits per heavy atom. The number of H-pyrrole nitrogens is 1. The van der Waals surface area contributed by atoms with E-state index in [2.05, 4.69) is 29.5 Å². The number of halogens is 1. The molecular weight excluding hydrogens is 492 g/mol. The van der Waals surface area contributed by atoms with Gasteiger partial charge in [0.05, 0.1) is 18.2 Å². The lowest BCUT2D eigenvalue weighted by molar-refractivity contribution is -0.122. The lowest BCUT2D eigenvalue weighted by Gasteiger charge is -2.25. The summed E-state index contributed by atoms with van der Waals surface area (Å²) < 4.78 is 6.01. The van der Waals surface area contributed by atoms with E-state index in [1.54, 1.807) is 23.1 Å². The number of nitrogens with zero attached hydrogens (tertiary/aromatic N) is 1. The molecule has 1 aromatic heterocycles. The molecule has 4 rings (SSSR count). The van der Waals surface area contributed by atoms with Crippen LogP contribution < -0.4 is 15.4 Å². The van der Waals surface area contributed by atoms with Crippen LogP contribution in [-0.4, -0.2) is 59.9 Å². The molecule has 0 aliphatic carbocycles. The second kappa shape index (κ2) is 12.1. The Morgan fingerprint density at radius 3 is 2.73 bits per heavy atom. The second-order valence-electron chi connectivity index (χ2n) is 9.81. The maximum atomic E-state index is 13.4. The van der Waals surface area contributed by atoms with Gasteiger partial charge in [0, 0.05) is 29.0 Å². The smallest absolute Gasteiger partial charge is 0.270 e. The standard InChI is InChI=1S/C28H33ClN4O4/c1-18(2)13-21-17-37-25-10-9-20(29)15-22(25)27(35)30-11-5-6-12-33(16-26(34)31-21)28(36)24-14-19-7-3-4-8-23(19)32-24/h3-4,7-10,14-15,18,21,32H,5-6,11-13,16-17H2,1-2H3,(H,30,35)(H,31,34)/t21-/m0/s1. The van der Waals surface area contributed by atoms with Crippen molar-refractivity contribution in [3.8, 4) is 5.75 Å². The van der Waals surface area contributed by atoms with Gasteiger partial charge in [-0.15, -0.1) is 0 Å². The van der Waals surface area contributed by atoms with Gasteiger partial charge in [0.2, 0.25) is 5.91 Å². The number of aromatic amines is 1. The van der Waals surface area contributed by atoms with Gasteiger partial charge < -0.3 is 25.3 Å². The quantitative estimate of drug-likeness (QED) is 0.472. The van der Waals surface area contributed by atoms with Gasteiger partial charge >= 0.3 is 0 Å². The van der Waals surface area contributed by atoms with E-state index in [1.807, 2.05) is 30.3 Å². The summed E-state index contributed by atoms with van der Waals surface area (Å²) in [4.78, 5) is 44.1. The molecule has 3 aromatic rings. The molecule has 0 spiro atoms. The van der Waals surface area contributed by atoms with Crippen LogP contribution in [0.1, 0.15) is 54.0 Å². The Kier molecular flexibility index (Phi) is 8.71. The van der Waals surface area contributed by atoms with Crippen molar-refractivity contribution >= 4 is 40.2 Å². The maximum Gasteiger partial charge on any atom is 0.270 e. The molecule has 8 nitrogen and oxygen atoms in total. The molecule has 2 aromatic carbocycles. The lowest BCUT2D eigenvalue weighted by atomic mass is 10.0. The maximum absolute atomic E-state index is 13.4. The van der Waals surface area contributed by atoms with Crippen molar-refractivity contribution in [3.05, 3.63) is 64.8 Å². The molecule has 0 bridgehead atoms. The number of para-hydroxylation sites is 1. The molecule has 3 amide bonds. The zero-order valence-corrected chi connectivity index (χ0v) is 21.9. The van der Waals surface area contributed by atoms with Gasteiger partial charge in [-0.3, -0.25) is 14.4 Å². The minimum Gasteiger partial charge on any atom is -0.491 e. The Hall–Kier alpha value is -3.52. The van der Waals surface area contributed by atoms with Gasteiger partial charge in [-0.2, -0.15) is 0 Å². The van der Waals surface area contributed by atoms with E-state index in [0.29, 0.717) is 60.3 Å². The first kappa shape index (κ1) is 26.5. The van der Waals surface area contributed by atoms with E-state index >= 15 is 0 Å². The molecule has 0 saturated carbocycles. The highest BCUT2D eigenvalue weighted by Crippen LogP contribution is 2.24. The molecule has 9 heteroatoms. The summed E-state index contributed by atoms with van der Waals surface area (Å²) in [6.07, 6.45) is 1.93. The molecule has 0 fully saturated rings. The van der Waals surface area contributed by atoms with E-state index in [9.17, 15) is 14.4 Å². The van der Waals surface area contributed by atoms with Gasteiger partial charge in [-0.25, -0.2) is 0 Å². The third-order valence-corrected chi connectivity index (χ3v) is 6.50. The number of carbonyl (C=O) groups excluding carboxylic acids is 3. The van der Waals surface area contributed by atoms with Crippen molar-refractivity contribution in [2.24, 2.45) is 5.92 Å². The van der Waals surface area contributed by atoms with Gasteiger partial charge in [0.25, 0.3) is 11.8 Å². The second-order valence-corrected chi connectivity index (χ2v) is 10.2. The summed E-state index contributed by atoms with van der Waals surface area (Å²) in [6, 6.07) is 14.1. The van der Waals surface area contributed by atoms with E-state index in [0.717, 1.165) is 10.9 Å². The zero-order valence-electron chi connectivity index (χ0n) is 21.2. The summed E-state index contributed by atoms with van der Waals surface area (Å²) in [7, 11) is 0. The van der Waals surface area contributed by atoms with Crippen molar-refractivity contribution in [1.82, 2.24) is 20.5 Å². The molecule has 0 radical (unpaired) electrons. The minimum absolute atomic E-state index is 0.0681. The van der Waals surface area contributed by atoms with Crippen molar-refractivity contribution in [2.45, 2.75) is 39.2 Å². The molecule has 1 atom stereocenters. The van der Waals surface area contributed by atoms with Crippen molar-refractivity contribution < 1.29 is 19.1 Å². The lowest BCUT2D eigenvalue weighted by Crippen LogP contribution is -2.46. The molecule has 37 heavy (non-hydrogen) atoms. The number of aromatic nitrogens is 1. The third-order valence-electron chi connectivity index (χ3n) is 6.27. The fourth-order valence-electron chi connectivity index (χ4n) is 4.52. The first-order chi connectivity index (χ1) is 17.8. The highest BCUT2D eigenvalue weighted by molar-refractivity contribution is 6.31. The SMILES string of the molecule is CC(C)C[C@H]1COc2ccc(Cl)cc2C(=O)NCCCCN(C(=O)c2cc3ccccc3[nH]2)CC(=O)N1. The molecule has 0 saturated heterocycles. The summed E-state index contributed by atoms with van der Waals surface area (Å²) in [5.74, 6) is -0.0520. The molecule has 3 N–H and O–H groups in total. The Labute approximate surface area is 221 Å². The number of hydrogen-bond acceptors (Lipinski definition) is 4. The van der Waals surface area contributed by atoms with E-state index < -0.39 is 0 Å². The summed E-state index contributed by atoms with van der Waals surface area (Å²) >= 11 is 6.14. The first-order valence-corrected chi connectivity index (χ1v) is 13.0. The van der Waals surface area contributed by atoms with Gasteiger partial charge in [0.15, 0.2) is 0 Å². The van der Waals surface area contributed by atoms with Gasteiger partial charge in [-0.05, 0) is 55.5 Å². The van der Waals surface area contributed by atoms with Gasteiger partial charge in [0.1, 0.15) is 18.1 Å². The molecular formula is C28H33ClN4O4. The van der Waals surface area contributed by atoms with Gasteiger partial charge in [-0.1, -0.05) is 43.6 Å². The number of fused-ring (bicyclic) bond motifs is 2. The van der Waals surface area contributed by atoms with Crippen LogP contribution in [0, 0.1) is 5.92 Å². The van der Waals surface area contributed by atoms with Crippen LogP contribution in [-0.2, 0) is 4.79 Å². The van der Waals surface area contributed by atoms with E-state index in [1.165, 1.54) is 0 Å². The molecule has 1 aliphatic rings. The van der Waals surface area contributed by atoms with Crippen molar-refractivity contribution in [2.75, 3.05) is 26.2 Å². The number of nitrogens with one attached hydrogen (secondary N) is 3. The summed E-state index contributed by atoms with van der Waals surface area (Å²) in [5.41, 5.74) is 1.66. The van der Waals surface area contributed by atoms with E-state index in [4.69, 9.17) is 16.3 Å². The average molecular weight is 525 g/mol. The Balaban J connectivity index is 1.56. The Morgan fingerprint density at radius 1 is 1.14 bits per heavy atom. The Bertz CT molecular complexity index is 1240. The molecule has 0 unspecified atom stereocenters. The number of rotatable bonds is 3. The van der Waals surface area contributed by atoms with Crippen LogP contribution in [0.15, 0.2) is 48.5 Å². The molecule has 1 aliphatic heterocycles. The van der Waals surface area contributed by atoms with Crippen LogP contribution in [0.5, 0.6) is 5.75 Å². The van der Waals surface area contributed by atoms with Crippen LogP contribution in [0.3, 0.4) is 0 Å². The number of ether oxygens (including phenoxy) is 1. The summed E-state index contributed by atoms with van der Waals surface area (Å²) in [5, 5.41) is 7.32. The average Bonchev–Trinajstić information content (AvgIpc) is 3.29. The number of carbonyl (C=O) groups is 3.